The van der Waals surface area contributed by atoms with Crippen molar-refractivity contribution in [2.24, 2.45) is 0 Å². The Bertz CT molecular complexity index is 966. The van der Waals surface area contributed by atoms with Crippen LogP contribution in [0.1, 0.15) is 18.5 Å². The zero-order chi connectivity index (χ0) is 20.0. The molecule has 8 heteroatoms. The molecule has 0 fully saturated rings. The molecule has 1 atom stereocenters. The molecule has 0 radical (unpaired) electrons. The van der Waals surface area contributed by atoms with E-state index in [-0.39, 0.29) is 19.1 Å². The maximum absolute atomic E-state index is 12.5. The number of hydrogen-bond acceptors (Lipinski definition) is 4. The average molecular weight is 370 g/mol. The molecule has 27 heavy (non-hydrogen) atoms. The van der Waals surface area contributed by atoms with Gasteiger partial charge in [0.25, 0.3) is 0 Å². The topological polar surface area (TPSA) is 95.1 Å². The van der Waals surface area contributed by atoms with Gasteiger partial charge in [0.2, 0.25) is 5.91 Å². The van der Waals surface area contributed by atoms with E-state index in [1.165, 1.54) is 12.2 Å². The smallest absolute Gasteiger partial charge is 0.337 e. The summed E-state index contributed by atoms with van der Waals surface area (Å²) in [4.78, 5) is 49.7. The monoisotopic (exact) mass is 370 g/mol. The summed E-state index contributed by atoms with van der Waals surface area (Å²) in [6, 6.07) is 8.98. The number of rotatable bonds is 8. The molecule has 8 nitrogen and oxygen atoms in total. The highest BCUT2D eigenvalue weighted by Gasteiger charge is 2.17. The molecular weight excluding hydrogens is 348 g/mol. The van der Waals surface area contributed by atoms with Gasteiger partial charge < -0.3 is 5.32 Å². The first-order valence-corrected chi connectivity index (χ1v) is 8.41. The van der Waals surface area contributed by atoms with E-state index >= 15 is 0 Å². The number of carbonyl (C=O) groups excluding carboxylic acids is 1. The minimum atomic E-state index is -0.854. The van der Waals surface area contributed by atoms with Crippen molar-refractivity contribution in [3.8, 4) is 0 Å². The minimum Gasteiger partial charge on any atom is -0.348 e. The molecular formula is C19H22N4O4. The van der Waals surface area contributed by atoms with Crippen LogP contribution in [0.2, 0.25) is 0 Å². The third-order valence-corrected chi connectivity index (χ3v) is 3.99. The molecule has 0 spiro atoms. The summed E-state index contributed by atoms with van der Waals surface area (Å²) in [6.07, 6.45) is 2.74. The van der Waals surface area contributed by atoms with Gasteiger partial charge in [-0.2, -0.15) is 0 Å². The van der Waals surface area contributed by atoms with E-state index in [9.17, 15) is 19.2 Å². The lowest BCUT2D eigenvalue weighted by Crippen LogP contribution is -2.55. The third kappa shape index (κ3) is 4.41. The number of benzene rings is 1. The molecule has 0 aliphatic heterocycles. The molecule has 1 aromatic carbocycles. The molecule has 142 valence electrons. The van der Waals surface area contributed by atoms with Crippen molar-refractivity contribution in [2.45, 2.75) is 32.6 Å². The number of allylic oxidation sites excluding steroid dienone is 2. The molecule has 2 rings (SSSR count). The molecule has 0 aliphatic carbocycles. The largest absolute Gasteiger partial charge is 0.348 e. The van der Waals surface area contributed by atoms with Gasteiger partial charge in [-0.1, -0.05) is 42.5 Å². The van der Waals surface area contributed by atoms with Crippen LogP contribution in [0.4, 0.5) is 0 Å². The zero-order valence-electron chi connectivity index (χ0n) is 15.1. The number of aromatic nitrogens is 3. The lowest BCUT2D eigenvalue weighted by molar-refractivity contribution is -0.122. The van der Waals surface area contributed by atoms with E-state index in [1.54, 1.807) is 6.92 Å². The van der Waals surface area contributed by atoms with Gasteiger partial charge in [0.1, 0.15) is 6.54 Å². The molecule has 1 aromatic heterocycles. The maximum Gasteiger partial charge on any atom is 0.337 e. The zero-order valence-corrected chi connectivity index (χ0v) is 15.1. The molecule has 0 saturated heterocycles. The van der Waals surface area contributed by atoms with Crippen LogP contribution in [-0.4, -0.2) is 19.6 Å². The van der Waals surface area contributed by atoms with E-state index in [0.717, 1.165) is 19.3 Å². The molecule has 0 bridgehead atoms. The van der Waals surface area contributed by atoms with Crippen molar-refractivity contribution in [2.75, 3.05) is 0 Å². The van der Waals surface area contributed by atoms with Gasteiger partial charge in [-0.05, 0) is 12.5 Å². The van der Waals surface area contributed by atoms with E-state index in [0.29, 0.717) is 0 Å². The predicted octanol–water partition coefficient (Wildman–Crippen LogP) is 0.421. The first-order chi connectivity index (χ1) is 12.9. The normalized spacial score (nSPS) is 11.6. The summed E-state index contributed by atoms with van der Waals surface area (Å²) in [5, 5.41) is 2.74. The average Bonchev–Trinajstić information content (AvgIpc) is 2.66. The van der Waals surface area contributed by atoms with Crippen molar-refractivity contribution < 1.29 is 4.79 Å². The molecule has 1 N–H and O–H groups in total. The number of hydrogen-bond donors (Lipinski definition) is 1. The SMILES string of the molecule is C=CCn1c(=O)n(CC=C)c(=O)n(CC(=O)N[C@@H](C)c2ccccc2)c1=O. The molecule has 0 saturated carbocycles. The highest BCUT2D eigenvalue weighted by atomic mass is 16.2. The fourth-order valence-electron chi connectivity index (χ4n) is 2.64. The molecule has 1 amide bonds. The lowest BCUT2D eigenvalue weighted by atomic mass is 10.1. The third-order valence-electron chi connectivity index (χ3n) is 3.99. The van der Waals surface area contributed by atoms with E-state index < -0.39 is 29.5 Å². The van der Waals surface area contributed by atoms with Crippen LogP contribution in [-0.2, 0) is 24.4 Å². The second-order valence-corrected chi connectivity index (χ2v) is 5.93. The van der Waals surface area contributed by atoms with Crippen molar-refractivity contribution in [1.29, 1.82) is 0 Å². The number of nitrogens with zero attached hydrogens (tertiary/aromatic N) is 3. The maximum atomic E-state index is 12.5. The van der Waals surface area contributed by atoms with Gasteiger partial charge in [-0.25, -0.2) is 28.1 Å². The Hall–Kier alpha value is -3.42. The summed E-state index contributed by atoms with van der Waals surface area (Å²) >= 11 is 0. The summed E-state index contributed by atoms with van der Waals surface area (Å²) in [5.74, 6) is -0.514. The van der Waals surface area contributed by atoms with Crippen molar-refractivity contribution in [1.82, 2.24) is 19.0 Å². The Labute approximate surface area is 155 Å². The number of carbonyl (C=O) groups is 1. The van der Waals surface area contributed by atoms with Crippen LogP contribution in [0, 0.1) is 0 Å². The van der Waals surface area contributed by atoms with E-state index in [1.807, 2.05) is 30.3 Å². The van der Waals surface area contributed by atoms with Gasteiger partial charge in [0.05, 0.1) is 19.1 Å². The Morgan fingerprint density at radius 3 is 1.93 bits per heavy atom. The first kappa shape index (κ1) is 19.9. The molecule has 0 unspecified atom stereocenters. The van der Waals surface area contributed by atoms with Gasteiger partial charge in [0.15, 0.2) is 0 Å². The van der Waals surface area contributed by atoms with Crippen LogP contribution in [0.5, 0.6) is 0 Å². The first-order valence-electron chi connectivity index (χ1n) is 8.41. The van der Waals surface area contributed by atoms with Gasteiger partial charge in [0, 0.05) is 0 Å². The Morgan fingerprint density at radius 1 is 0.963 bits per heavy atom. The Balaban J connectivity index is 2.37. The standard InChI is InChI=1S/C19H22N4O4/c1-4-11-21-17(25)22(12-5-2)19(27)23(18(21)26)13-16(24)20-14(3)15-9-7-6-8-10-15/h4-10,14H,1-2,11-13H2,3H3,(H,20,24)/t14-/m0/s1. The summed E-state index contributed by atoms with van der Waals surface area (Å²) < 4.78 is 2.44. The lowest BCUT2D eigenvalue weighted by Gasteiger charge is -2.16. The van der Waals surface area contributed by atoms with E-state index in [2.05, 4.69) is 18.5 Å². The van der Waals surface area contributed by atoms with Gasteiger partial charge in [-0.15, -0.1) is 13.2 Å². The highest BCUT2D eigenvalue weighted by molar-refractivity contribution is 5.76. The van der Waals surface area contributed by atoms with Gasteiger partial charge in [-0.3, -0.25) is 4.79 Å². The second-order valence-electron chi connectivity index (χ2n) is 5.93. The number of amides is 1. The Morgan fingerprint density at radius 2 is 1.44 bits per heavy atom. The van der Waals surface area contributed by atoms with Crippen molar-refractivity contribution in [3.05, 3.63) is 92.7 Å². The molecule has 0 aliphatic rings. The predicted molar refractivity (Wildman–Crippen MR) is 103 cm³/mol. The minimum absolute atomic E-state index is 0.0723. The van der Waals surface area contributed by atoms with Crippen molar-refractivity contribution in [3.63, 3.8) is 0 Å². The fourth-order valence-corrected chi connectivity index (χ4v) is 2.64. The highest BCUT2D eigenvalue weighted by Crippen LogP contribution is 2.10. The summed E-state index contributed by atoms with van der Waals surface area (Å²) in [5.41, 5.74) is -1.58. The Kier molecular flexibility index (Phi) is 6.48. The van der Waals surface area contributed by atoms with Crippen LogP contribution >= 0.6 is 0 Å². The summed E-state index contributed by atoms with van der Waals surface area (Å²) in [7, 11) is 0. The van der Waals surface area contributed by atoms with Crippen molar-refractivity contribution >= 4 is 5.91 Å². The molecule has 1 heterocycles. The second kappa shape index (κ2) is 8.79. The van der Waals surface area contributed by atoms with Gasteiger partial charge >= 0.3 is 17.1 Å². The fraction of sp³-hybridized carbons (Fsp3) is 0.263. The molecule has 2 aromatic rings. The number of nitrogens with one attached hydrogen (secondary N) is 1. The van der Waals surface area contributed by atoms with Crippen LogP contribution in [0.25, 0.3) is 0 Å². The van der Waals surface area contributed by atoms with Crippen LogP contribution < -0.4 is 22.4 Å². The quantitative estimate of drug-likeness (QED) is 0.682. The summed E-state index contributed by atoms with van der Waals surface area (Å²) in [6.45, 7) is 8.17. The van der Waals surface area contributed by atoms with Crippen LogP contribution in [0.15, 0.2) is 70.0 Å². The van der Waals surface area contributed by atoms with E-state index in [4.69, 9.17) is 0 Å². The van der Waals surface area contributed by atoms with Crippen LogP contribution in [0.3, 0.4) is 0 Å².